The lowest BCUT2D eigenvalue weighted by molar-refractivity contribution is 0.102. The summed E-state index contributed by atoms with van der Waals surface area (Å²) in [5.41, 5.74) is 6.21. The number of amides is 1. The van der Waals surface area contributed by atoms with Gasteiger partial charge in [0.05, 0.1) is 12.3 Å². The largest absolute Gasteiger partial charge is 0.492 e. The molecule has 0 saturated heterocycles. The highest BCUT2D eigenvalue weighted by Crippen LogP contribution is 2.22. The van der Waals surface area contributed by atoms with Gasteiger partial charge >= 0.3 is 0 Å². The van der Waals surface area contributed by atoms with Crippen molar-refractivity contribution >= 4 is 17.4 Å². The first-order chi connectivity index (χ1) is 9.60. The van der Waals surface area contributed by atoms with Crippen LogP contribution in [-0.4, -0.2) is 22.7 Å². The molecule has 2 aromatic rings. The molecule has 0 saturated carbocycles. The number of hydrogen-bond acceptors (Lipinski definition) is 5. The maximum Gasteiger partial charge on any atom is 0.264 e. The van der Waals surface area contributed by atoms with Crippen molar-refractivity contribution in [3.8, 4) is 5.75 Å². The minimum Gasteiger partial charge on any atom is -0.492 e. The van der Waals surface area contributed by atoms with Crippen LogP contribution in [0.3, 0.4) is 0 Å². The number of H-pyrrole nitrogens is 1. The molecule has 1 amide bonds. The summed E-state index contributed by atoms with van der Waals surface area (Å²) >= 11 is 0. The molecule has 4 N–H and O–H groups in total. The fraction of sp³-hybridized carbons (Fsp3) is 0.154. The number of nitrogens with two attached hydrogens (primary N) is 1. The molecule has 1 heterocycles. The van der Waals surface area contributed by atoms with Crippen LogP contribution < -0.4 is 21.3 Å². The van der Waals surface area contributed by atoms with Crippen LogP contribution in [0, 0.1) is 0 Å². The van der Waals surface area contributed by atoms with E-state index in [1.165, 1.54) is 18.2 Å². The van der Waals surface area contributed by atoms with E-state index in [1.807, 2.05) is 6.92 Å². The average Bonchev–Trinajstić information content (AvgIpc) is 2.44. The van der Waals surface area contributed by atoms with Crippen molar-refractivity contribution in [1.82, 2.24) is 10.2 Å². The number of carbonyl (C=O) groups excluding carboxylic acids is 1. The van der Waals surface area contributed by atoms with Gasteiger partial charge in [-0.3, -0.25) is 9.59 Å². The van der Waals surface area contributed by atoms with Crippen LogP contribution in [0.5, 0.6) is 5.75 Å². The van der Waals surface area contributed by atoms with Crippen LogP contribution >= 0.6 is 0 Å². The number of nitrogens with one attached hydrogen (secondary N) is 2. The topological polar surface area (TPSA) is 110 Å². The molecule has 7 heteroatoms. The molecule has 0 spiro atoms. The van der Waals surface area contributed by atoms with E-state index in [2.05, 4.69) is 15.5 Å². The molecule has 0 aliphatic carbocycles. The molecule has 0 unspecified atom stereocenters. The average molecular weight is 274 g/mol. The van der Waals surface area contributed by atoms with Gasteiger partial charge in [-0.2, -0.15) is 5.10 Å². The maximum absolute atomic E-state index is 12.0. The van der Waals surface area contributed by atoms with Crippen molar-refractivity contribution < 1.29 is 9.53 Å². The smallest absolute Gasteiger partial charge is 0.264 e. The predicted octanol–water partition coefficient (Wildman–Crippen LogP) is 1.00. The maximum atomic E-state index is 12.0. The molecular formula is C13H14N4O3. The minimum absolute atomic E-state index is 0.252. The van der Waals surface area contributed by atoms with E-state index in [-0.39, 0.29) is 17.3 Å². The van der Waals surface area contributed by atoms with Crippen molar-refractivity contribution in [2.24, 2.45) is 0 Å². The van der Waals surface area contributed by atoms with E-state index >= 15 is 0 Å². The first-order valence-electron chi connectivity index (χ1n) is 5.99. The highest BCUT2D eigenvalue weighted by atomic mass is 16.5. The number of nitrogen functional groups attached to an aromatic ring is 1. The molecule has 7 nitrogen and oxygen atoms in total. The second-order valence-electron chi connectivity index (χ2n) is 3.95. The van der Waals surface area contributed by atoms with Gasteiger partial charge in [-0.15, -0.1) is 0 Å². The number of carbonyl (C=O) groups is 1. The Kier molecular flexibility index (Phi) is 3.99. The molecule has 0 aliphatic heterocycles. The van der Waals surface area contributed by atoms with E-state index in [0.717, 1.165) is 0 Å². The predicted molar refractivity (Wildman–Crippen MR) is 74.8 cm³/mol. The highest BCUT2D eigenvalue weighted by Gasteiger charge is 2.09. The number of ether oxygens (including phenoxy) is 1. The van der Waals surface area contributed by atoms with E-state index in [1.54, 1.807) is 12.1 Å². The second-order valence-corrected chi connectivity index (χ2v) is 3.95. The molecule has 0 atom stereocenters. The van der Waals surface area contributed by atoms with Gasteiger partial charge < -0.3 is 15.8 Å². The van der Waals surface area contributed by atoms with E-state index in [0.29, 0.717) is 23.6 Å². The minimum atomic E-state index is -0.376. The molecule has 2 rings (SSSR count). The van der Waals surface area contributed by atoms with Crippen LogP contribution in [0.4, 0.5) is 11.5 Å². The van der Waals surface area contributed by atoms with E-state index in [9.17, 15) is 9.59 Å². The standard InChI is InChI=1S/C13H14N4O3/c1-2-20-10-4-3-8(7-9(10)14)13(19)15-11-5-6-12(18)17-16-11/h3-7H,2,14H2,1H3,(H,17,18)(H,15,16,19). The monoisotopic (exact) mass is 274 g/mol. The summed E-state index contributed by atoms with van der Waals surface area (Å²) in [5, 5.41) is 8.46. The summed E-state index contributed by atoms with van der Waals surface area (Å²) in [6.45, 7) is 2.35. The third kappa shape index (κ3) is 3.14. The zero-order chi connectivity index (χ0) is 14.5. The van der Waals surface area contributed by atoms with Crippen molar-refractivity contribution in [3.05, 3.63) is 46.2 Å². The quantitative estimate of drug-likeness (QED) is 0.720. The van der Waals surface area contributed by atoms with Crippen LogP contribution in [0.2, 0.25) is 0 Å². The Morgan fingerprint density at radius 3 is 2.80 bits per heavy atom. The van der Waals surface area contributed by atoms with Gasteiger partial charge in [0.15, 0.2) is 5.82 Å². The Morgan fingerprint density at radius 1 is 1.40 bits per heavy atom. The van der Waals surface area contributed by atoms with Crippen LogP contribution in [0.15, 0.2) is 35.1 Å². The zero-order valence-electron chi connectivity index (χ0n) is 10.8. The molecule has 0 fully saturated rings. The molecule has 0 bridgehead atoms. The SMILES string of the molecule is CCOc1ccc(C(=O)Nc2ccc(=O)[nH]n2)cc1N. The van der Waals surface area contributed by atoms with Crippen molar-refractivity contribution in [2.75, 3.05) is 17.7 Å². The molecular weight excluding hydrogens is 260 g/mol. The van der Waals surface area contributed by atoms with Gasteiger partial charge in [0.25, 0.3) is 11.5 Å². The number of benzene rings is 1. The highest BCUT2D eigenvalue weighted by molar-refractivity contribution is 6.04. The molecule has 0 aliphatic rings. The van der Waals surface area contributed by atoms with E-state index < -0.39 is 0 Å². The molecule has 20 heavy (non-hydrogen) atoms. The van der Waals surface area contributed by atoms with Gasteiger partial charge in [0, 0.05) is 11.6 Å². The summed E-state index contributed by atoms with van der Waals surface area (Å²) < 4.78 is 5.29. The van der Waals surface area contributed by atoms with Crippen LogP contribution in [0.25, 0.3) is 0 Å². The molecule has 1 aromatic carbocycles. The van der Waals surface area contributed by atoms with Crippen molar-refractivity contribution in [2.45, 2.75) is 6.92 Å². The third-order valence-corrected chi connectivity index (χ3v) is 2.49. The summed E-state index contributed by atoms with van der Waals surface area (Å²) in [6.07, 6.45) is 0. The Morgan fingerprint density at radius 2 is 2.20 bits per heavy atom. The van der Waals surface area contributed by atoms with Crippen molar-refractivity contribution in [3.63, 3.8) is 0 Å². The van der Waals surface area contributed by atoms with Crippen LogP contribution in [0.1, 0.15) is 17.3 Å². The fourth-order valence-electron chi connectivity index (χ4n) is 1.58. The zero-order valence-corrected chi connectivity index (χ0v) is 10.8. The molecule has 104 valence electrons. The van der Waals surface area contributed by atoms with Gasteiger partial charge in [-0.05, 0) is 31.2 Å². The Hall–Kier alpha value is -2.83. The Bertz CT molecular complexity index is 661. The second kappa shape index (κ2) is 5.87. The van der Waals surface area contributed by atoms with Crippen LogP contribution in [-0.2, 0) is 0 Å². The first-order valence-corrected chi connectivity index (χ1v) is 5.99. The molecule has 1 aromatic heterocycles. The molecule has 0 radical (unpaired) electrons. The Labute approximate surface area is 114 Å². The first kappa shape index (κ1) is 13.6. The summed E-state index contributed by atoms with van der Waals surface area (Å²) in [6, 6.07) is 7.44. The Balaban J connectivity index is 2.15. The van der Waals surface area contributed by atoms with Gasteiger partial charge in [-0.1, -0.05) is 0 Å². The normalized spacial score (nSPS) is 10.1. The summed E-state index contributed by atoms with van der Waals surface area (Å²) in [7, 11) is 0. The number of aromatic nitrogens is 2. The van der Waals surface area contributed by atoms with Crippen molar-refractivity contribution in [1.29, 1.82) is 0 Å². The number of rotatable bonds is 4. The number of aromatic amines is 1. The summed E-state index contributed by atoms with van der Waals surface area (Å²) in [4.78, 5) is 22.8. The lowest BCUT2D eigenvalue weighted by atomic mass is 10.1. The lowest BCUT2D eigenvalue weighted by Crippen LogP contribution is -2.16. The van der Waals surface area contributed by atoms with E-state index in [4.69, 9.17) is 10.5 Å². The van der Waals surface area contributed by atoms with Gasteiger partial charge in [-0.25, -0.2) is 5.10 Å². The fourth-order valence-corrected chi connectivity index (χ4v) is 1.58. The van der Waals surface area contributed by atoms with Gasteiger partial charge in [0.2, 0.25) is 0 Å². The summed E-state index contributed by atoms with van der Waals surface area (Å²) in [5.74, 6) is 0.410. The van der Waals surface area contributed by atoms with Gasteiger partial charge in [0.1, 0.15) is 5.75 Å². The number of anilines is 2. The number of hydrogen-bond donors (Lipinski definition) is 3. The lowest BCUT2D eigenvalue weighted by Gasteiger charge is -2.08. The third-order valence-electron chi connectivity index (χ3n) is 2.49. The number of nitrogens with zero attached hydrogens (tertiary/aromatic N) is 1.